The summed E-state index contributed by atoms with van der Waals surface area (Å²) in [5, 5.41) is 4.19. The van der Waals surface area contributed by atoms with Gasteiger partial charge in [0, 0.05) is 29.2 Å². The number of halogens is 2. The Hall–Kier alpha value is -1.99. The van der Waals surface area contributed by atoms with Crippen molar-refractivity contribution < 1.29 is 13.9 Å². The number of ether oxygens (including phenoxy) is 1. The Balaban J connectivity index is 1.59. The van der Waals surface area contributed by atoms with Crippen LogP contribution in [0.25, 0.3) is 10.1 Å². The van der Waals surface area contributed by atoms with Gasteiger partial charge in [-0.3, -0.25) is 9.69 Å². The third-order valence-electron chi connectivity index (χ3n) is 5.21. The molecular weight excluding hydrogens is 411 g/mol. The fourth-order valence-electron chi connectivity index (χ4n) is 3.86. The molecule has 2 aromatic carbocycles. The predicted octanol–water partition coefficient (Wildman–Crippen LogP) is 4.89. The second-order valence-electron chi connectivity index (χ2n) is 7.15. The molecule has 7 heteroatoms. The van der Waals surface area contributed by atoms with E-state index in [1.54, 1.807) is 6.07 Å². The smallest absolute Gasteiger partial charge is 0.263 e. The van der Waals surface area contributed by atoms with Gasteiger partial charge in [0.1, 0.15) is 10.7 Å². The monoisotopic (exact) mass is 432 g/mol. The highest BCUT2D eigenvalue weighted by Gasteiger charge is 2.29. The Morgan fingerprint density at radius 2 is 1.93 bits per heavy atom. The van der Waals surface area contributed by atoms with Crippen molar-refractivity contribution in [1.29, 1.82) is 0 Å². The number of carbonyl (C=O) groups is 1. The molecule has 1 aromatic heterocycles. The third kappa shape index (κ3) is 4.31. The normalized spacial score (nSPS) is 17.2. The SMILES string of the molecule is CC(NC(=O)c1sc2cc(F)ccc2c1Cl)C(c1ccccc1)N1CCOCC1. The summed E-state index contributed by atoms with van der Waals surface area (Å²) >= 11 is 7.65. The molecule has 2 atom stereocenters. The van der Waals surface area contributed by atoms with E-state index in [4.69, 9.17) is 16.3 Å². The van der Waals surface area contributed by atoms with E-state index in [1.807, 2.05) is 25.1 Å². The maximum atomic E-state index is 13.5. The standard InChI is InChI=1S/C22H22ClFN2O2S/c1-14(20(15-5-3-2-4-6-15)26-9-11-28-12-10-26)25-22(27)21-19(23)17-8-7-16(24)13-18(17)29-21/h2-8,13-14,20H,9-12H2,1H3,(H,25,27). The van der Waals surface area contributed by atoms with Crippen molar-refractivity contribution in [2.24, 2.45) is 0 Å². The summed E-state index contributed by atoms with van der Waals surface area (Å²) < 4.78 is 19.7. The van der Waals surface area contributed by atoms with E-state index in [0.717, 1.165) is 18.7 Å². The second kappa shape index (κ2) is 8.79. The highest BCUT2D eigenvalue weighted by Crippen LogP contribution is 2.36. The molecule has 1 aliphatic rings. The van der Waals surface area contributed by atoms with Crippen molar-refractivity contribution in [2.75, 3.05) is 26.3 Å². The Morgan fingerprint density at radius 3 is 2.66 bits per heavy atom. The molecule has 0 bridgehead atoms. The van der Waals surface area contributed by atoms with Crippen molar-refractivity contribution in [3.63, 3.8) is 0 Å². The highest BCUT2D eigenvalue weighted by atomic mass is 35.5. The molecule has 29 heavy (non-hydrogen) atoms. The molecule has 4 rings (SSSR count). The van der Waals surface area contributed by atoms with Crippen LogP contribution in [0.2, 0.25) is 5.02 Å². The molecule has 4 nitrogen and oxygen atoms in total. The summed E-state index contributed by atoms with van der Waals surface area (Å²) in [6.07, 6.45) is 0. The van der Waals surface area contributed by atoms with E-state index in [2.05, 4.69) is 22.3 Å². The van der Waals surface area contributed by atoms with Crippen molar-refractivity contribution >= 4 is 38.9 Å². The largest absolute Gasteiger partial charge is 0.379 e. The molecule has 3 aromatic rings. The number of morpholine rings is 1. The lowest BCUT2D eigenvalue weighted by Crippen LogP contribution is -2.48. The second-order valence-corrected chi connectivity index (χ2v) is 8.58. The van der Waals surface area contributed by atoms with Gasteiger partial charge in [0.25, 0.3) is 5.91 Å². The maximum Gasteiger partial charge on any atom is 0.263 e. The number of rotatable bonds is 5. The van der Waals surface area contributed by atoms with Crippen molar-refractivity contribution in [1.82, 2.24) is 10.2 Å². The molecule has 0 radical (unpaired) electrons. The van der Waals surface area contributed by atoms with E-state index in [0.29, 0.717) is 33.2 Å². The summed E-state index contributed by atoms with van der Waals surface area (Å²) in [6.45, 7) is 4.98. The van der Waals surface area contributed by atoms with Crippen LogP contribution < -0.4 is 5.32 Å². The lowest BCUT2D eigenvalue weighted by atomic mass is 9.98. The van der Waals surface area contributed by atoms with Crippen LogP contribution in [-0.2, 0) is 4.74 Å². The molecule has 2 unspecified atom stereocenters. The molecular formula is C22H22ClFN2O2S. The van der Waals surface area contributed by atoms with Crippen LogP contribution in [0.1, 0.15) is 28.2 Å². The maximum absolute atomic E-state index is 13.5. The lowest BCUT2D eigenvalue weighted by molar-refractivity contribution is 0.00890. The van der Waals surface area contributed by atoms with E-state index in [1.165, 1.54) is 23.5 Å². The number of amides is 1. The first-order valence-corrected chi connectivity index (χ1v) is 10.8. The Bertz CT molecular complexity index is 1000. The van der Waals surface area contributed by atoms with Gasteiger partial charge in [0.2, 0.25) is 0 Å². The lowest BCUT2D eigenvalue weighted by Gasteiger charge is -2.38. The van der Waals surface area contributed by atoms with Crippen LogP contribution in [0.15, 0.2) is 48.5 Å². The number of fused-ring (bicyclic) bond motifs is 1. The number of benzene rings is 2. The number of thiophene rings is 1. The molecule has 0 saturated carbocycles. The highest BCUT2D eigenvalue weighted by molar-refractivity contribution is 7.21. The van der Waals surface area contributed by atoms with Crippen LogP contribution in [0.4, 0.5) is 4.39 Å². The van der Waals surface area contributed by atoms with Gasteiger partial charge >= 0.3 is 0 Å². The number of nitrogens with zero attached hydrogens (tertiary/aromatic N) is 1. The van der Waals surface area contributed by atoms with Crippen LogP contribution in [0, 0.1) is 5.82 Å². The quantitative estimate of drug-likeness (QED) is 0.624. The van der Waals surface area contributed by atoms with Crippen LogP contribution in [0.3, 0.4) is 0 Å². The zero-order valence-corrected chi connectivity index (χ0v) is 17.6. The van der Waals surface area contributed by atoms with Gasteiger partial charge in [0.05, 0.1) is 24.3 Å². The molecule has 2 heterocycles. The first kappa shape index (κ1) is 20.3. The average Bonchev–Trinajstić information content (AvgIpc) is 3.05. The first-order chi connectivity index (χ1) is 14.0. The number of hydrogen-bond acceptors (Lipinski definition) is 4. The topological polar surface area (TPSA) is 41.6 Å². The molecule has 0 aliphatic carbocycles. The first-order valence-electron chi connectivity index (χ1n) is 9.60. The van der Waals surface area contributed by atoms with Crippen LogP contribution >= 0.6 is 22.9 Å². The molecule has 1 aliphatic heterocycles. The Morgan fingerprint density at radius 1 is 1.21 bits per heavy atom. The summed E-state index contributed by atoms with van der Waals surface area (Å²) in [5.41, 5.74) is 1.15. The molecule has 152 valence electrons. The summed E-state index contributed by atoms with van der Waals surface area (Å²) in [4.78, 5) is 15.8. The molecule has 1 fully saturated rings. The van der Waals surface area contributed by atoms with E-state index < -0.39 is 0 Å². The van der Waals surface area contributed by atoms with E-state index in [9.17, 15) is 9.18 Å². The molecule has 0 spiro atoms. The Kier molecular flexibility index (Phi) is 6.15. The van der Waals surface area contributed by atoms with Crippen molar-refractivity contribution in [2.45, 2.75) is 19.0 Å². The minimum atomic E-state index is -0.341. The average molecular weight is 433 g/mol. The summed E-state index contributed by atoms with van der Waals surface area (Å²) in [6, 6.07) is 14.4. The molecule has 1 amide bonds. The van der Waals surface area contributed by atoms with Gasteiger partial charge in [-0.05, 0) is 30.7 Å². The van der Waals surface area contributed by atoms with E-state index >= 15 is 0 Å². The van der Waals surface area contributed by atoms with Gasteiger partial charge in [-0.2, -0.15) is 0 Å². The van der Waals surface area contributed by atoms with Gasteiger partial charge in [-0.15, -0.1) is 11.3 Å². The zero-order valence-electron chi connectivity index (χ0n) is 16.0. The summed E-state index contributed by atoms with van der Waals surface area (Å²) in [5.74, 6) is -0.578. The van der Waals surface area contributed by atoms with Gasteiger partial charge in [-0.25, -0.2) is 4.39 Å². The molecule has 1 saturated heterocycles. The predicted molar refractivity (Wildman–Crippen MR) is 115 cm³/mol. The van der Waals surface area contributed by atoms with Crippen LogP contribution in [0.5, 0.6) is 0 Å². The van der Waals surface area contributed by atoms with E-state index in [-0.39, 0.29) is 23.8 Å². The third-order valence-corrected chi connectivity index (χ3v) is 6.87. The fraction of sp³-hybridized carbons (Fsp3) is 0.318. The fourth-order valence-corrected chi connectivity index (χ4v) is 5.30. The zero-order chi connectivity index (χ0) is 20.4. The Labute approximate surface area is 178 Å². The molecule has 1 N–H and O–H groups in total. The minimum Gasteiger partial charge on any atom is -0.379 e. The summed E-state index contributed by atoms with van der Waals surface area (Å²) in [7, 11) is 0. The number of nitrogens with one attached hydrogen (secondary N) is 1. The number of hydrogen-bond donors (Lipinski definition) is 1. The van der Waals surface area contributed by atoms with Gasteiger partial charge < -0.3 is 10.1 Å². The van der Waals surface area contributed by atoms with Crippen LogP contribution in [-0.4, -0.2) is 43.2 Å². The van der Waals surface area contributed by atoms with Gasteiger partial charge in [-0.1, -0.05) is 41.9 Å². The van der Waals surface area contributed by atoms with Gasteiger partial charge in [0.15, 0.2) is 0 Å². The number of carbonyl (C=O) groups excluding carboxylic acids is 1. The van der Waals surface area contributed by atoms with Crippen molar-refractivity contribution in [3.8, 4) is 0 Å². The van der Waals surface area contributed by atoms with Crippen molar-refractivity contribution in [3.05, 3.63) is 69.8 Å². The minimum absolute atomic E-state index is 0.0228.